The van der Waals surface area contributed by atoms with E-state index in [0.29, 0.717) is 12.6 Å². The number of para-hydroxylation sites is 1. The van der Waals surface area contributed by atoms with E-state index in [-0.39, 0.29) is 5.91 Å². The number of aryl methyl sites for hydroxylation is 1. The molecule has 0 heterocycles. The van der Waals surface area contributed by atoms with Crippen molar-refractivity contribution in [1.29, 1.82) is 0 Å². The quantitative estimate of drug-likeness (QED) is 0.865. The van der Waals surface area contributed by atoms with E-state index >= 15 is 0 Å². The molecular formula is C18H20BrN2O+. The number of halogens is 1. The van der Waals surface area contributed by atoms with Crippen LogP contribution in [-0.2, 0) is 11.2 Å². The lowest BCUT2D eigenvalue weighted by molar-refractivity contribution is -0.687. The van der Waals surface area contributed by atoms with Crippen LogP contribution < -0.4 is 10.6 Å². The smallest absolute Gasteiger partial charge is 0.279 e. The minimum absolute atomic E-state index is 0.0370. The summed E-state index contributed by atoms with van der Waals surface area (Å²) in [7, 11) is 0. The molecule has 0 aromatic heterocycles. The number of nitrogens with one attached hydrogen (secondary N) is 1. The number of fused-ring (bicyclic) bond motifs is 1. The predicted octanol–water partition coefficient (Wildman–Crippen LogP) is 3.03. The minimum atomic E-state index is 0.0370. The second kappa shape index (κ2) is 7.07. The van der Waals surface area contributed by atoms with E-state index in [1.807, 2.05) is 24.3 Å². The van der Waals surface area contributed by atoms with Crippen LogP contribution in [0.4, 0.5) is 5.69 Å². The Labute approximate surface area is 139 Å². The van der Waals surface area contributed by atoms with Crippen LogP contribution in [0.5, 0.6) is 0 Å². The highest BCUT2D eigenvalue weighted by Crippen LogP contribution is 2.26. The molecule has 2 aromatic carbocycles. The summed E-state index contributed by atoms with van der Waals surface area (Å²) in [4.78, 5) is 12.2. The van der Waals surface area contributed by atoms with E-state index in [1.165, 1.54) is 17.5 Å². The van der Waals surface area contributed by atoms with Crippen molar-refractivity contribution in [3.05, 3.63) is 64.1 Å². The number of anilines is 1. The number of rotatable bonds is 4. The average molecular weight is 360 g/mol. The van der Waals surface area contributed by atoms with E-state index in [4.69, 9.17) is 0 Å². The van der Waals surface area contributed by atoms with Gasteiger partial charge in [-0.25, -0.2) is 0 Å². The predicted molar refractivity (Wildman–Crippen MR) is 91.7 cm³/mol. The van der Waals surface area contributed by atoms with Gasteiger partial charge in [-0.3, -0.25) is 4.79 Å². The molecule has 3 rings (SSSR count). The summed E-state index contributed by atoms with van der Waals surface area (Å²) in [6.07, 6.45) is 3.49. The van der Waals surface area contributed by atoms with Crippen LogP contribution >= 0.6 is 15.9 Å². The van der Waals surface area contributed by atoms with E-state index in [2.05, 4.69) is 50.8 Å². The zero-order valence-corrected chi connectivity index (χ0v) is 14.0. The molecule has 0 fully saturated rings. The van der Waals surface area contributed by atoms with E-state index < -0.39 is 0 Å². The van der Waals surface area contributed by atoms with Gasteiger partial charge in [-0.2, -0.15) is 0 Å². The number of amides is 1. The zero-order valence-electron chi connectivity index (χ0n) is 12.4. The summed E-state index contributed by atoms with van der Waals surface area (Å²) in [5.41, 5.74) is 3.65. The first-order chi connectivity index (χ1) is 10.7. The van der Waals surface area contributed by atoms with E-state index in [1.54, 1.807) is 0 Å². The molecule has 2 aromatic rings. The minimum Gasteiger partial charge on any atom is -0.332 e. The van der Waals surface area contributed by atoms with Gasteiger partial charge in [-0.05, 0) is 46.5 Å². The van der Waals surface area contributed by atoms with Gasteiger partial charge in [-0.15, -0.1) is 0 Å². The van der Waals surface area contributed by atoms with Gasteiger partial charge in [0.25, 0.3) is 5.91 Å². The Hall–Kier alpha value is -1.65. The van der Waals surface area contributed by atoms with Crippen molar-refractivity contribution in [3.8, 4) is 0 Å². The van der Waals surface area contributed by atoms with Crippen molar-refractivity contribution in [1.82, 2.24) is 0 Å². The molecule has 4 heteroatoms. The lowest BCUT2D eigenvalue weighted by Gasteiger charge is -2.23. The molecule has 0 saturated carbocycles. The molecule has 0 radical (unpaired) electrons. The maximum Gasteiger partial charge on any atom is 0.279 e. The van der Waals surface area contributed by atoms with Crippen LogP contribution in [0.2, 0.25) is 0 Å². The van der Waals surface area contributed by atoms with Gasteiger partial charge in [0.2, 0.25) is 0 Å². The molecular weight excluding hydrogens is 340 g/mol. The third-order valence-corrected chi connectivity index (χ3v) is 4.84. The van der Waals surface area contributed by atoms with Crippen molar-refractivity contribution in [2.75, 3.05) is 11.9 Å². The lowest BCUT2D eigenvalue weighted by atomic mass is 9.88. The maximum atomic E-state index is 12.2. The number of hydrogen-bond donors (Lipinski definition) is 2. The Kier molecular flexibility index (Phi) is 4.90. The summed E-state index contributed by atoms with van der Waals surface area (Å²) >= 11 is 3.45. The Morgan fingerprint density at radius 1 is 1.18 bits per heavy atom. The largest absolute Gasteiger partial charge is 0.332 e. The van der Waals surface area contributed by atoms with Crippen molar-refractivity contribution >= 4 is 27.5 Å². The van der Waals surface area contributed by atoms with Crippen molar-refractivity contribution in [2.24, 2.45) is 0 Å². The SMILES string of the molecule is O=C(C[NH2+][C@@H]1CCCc2ccccc21)Nc1ccccc1Br. The van der Waals surface area contributed by atoms with Crippen molar-refractivity contribution in [2.45, 2.75) is 25.3 Å². The molecule has 0 saturated heterocycles. The molecule has 3 N–H and O–H groups in total. The summed E-state index contributed by atoms with van der Waals surface area (Å²) < 4.78 is 0.909. The Balaban J connectivity index is 1.59. The van der Waals surface area contributed by atoms with Crippen LogP contribution in [0.25, 0.3) is 0 Å². The number of carbonyl (C=O) groups is 1. The van der Waals surface area contributed by atoms with Crippen LogP contribution in [0.1, 0.15) is 30.0 Å². The van der Waals surface area contributed by atoms with Gasteiger partial charge in [0, 0.05) is 16.5 Å². The number of benzene rings is 2. The standard InChI is InChI=1S/C18H19BrN2O/c19-15-9-3-4-10-17(15)21-18(22)12-20-16-11-5-7-13-6-1-2-8-14(13)16/h1-4,6,8-10,16,20H,5,7,11-12H2,(H,21,22)/p+1/t16-/m1/s1. The van der Waals surface area contributed by atoms with Crippen LogP contribution in [0, 0.1) is 0 Å². The molecule has 0 aliphatic heterocycles. The average Bonchev–Trinajstić information content (AvgIpc) is 2.55. The highest BCUT2D eigenvalue weighted by Gasteiger charge is 2.23. The van der Waals surface area contributed by atoms with Crippen LogP contribution in [-0.4, -0.2) is 12.5 Å². The van der Waals surface area contributed by atoms with Gasteiger partial charge in [-0.1, -0.05) is 36.4 Å². The molecule has 114 valence electrons. The third kappa shape index (κ3) is 3.57. The Morgan fingerprint density at radius 2 is 1.95 bits per heavy atom. The van der Waals surface area contributed by atoms with Gasteiger partial charge >= 0.3 is 0 Å². The summed E-state index contributed by atoms with van der Waals surface area (Å²) in [6, 6.07) is 16.7. The van der Waals surface area contributed by atoms with Gasteiger partial charge in [0.1, 0.15) is 6.04 Å². The molecule has 22 heavy (non-hydrogen) atoms. The fourth-order valence-corrected chi connectivity index (χ4v) is 3.43. The number of nitrogens with two attached hydrogens (primary N) is 1. The van der Waals surface area contributed by atoms with E-state index in [0.717, 1.165) is 23.0 Å². The second-order valence-corrected chi connectivity index (χ2v) is 6.52. The van der Waals surface area contributed by atoms with Gasteiger partial charge < -0.3 is 10.6 Å². The summed E-state index contributed by atoms with van der Waals surface area (Å²) in [5.74, 6) is 0.0370. The molecule has 1 aliphatic carbocycles. The summed E-state index contributed by atoms with van der Waals surface area (Å²) in [5, 5.41) is 5.11. The first-order valence-corrected chi connectivity index (χ1v) is 8.49. The number of carbonyl (C=O) groups excluding carboxylic acids is 1. The molecule has 0 spiro atoms. The molecule has 0 unspecified atom stereocenters. The van der Waals surface area contributed by atoms with Gasteiger partial charge in [0.05, 0.1) is 5.69 Å². The lowest BCUT2D eigenvalue weighted by Crippen LogP contribution is -2.87. The van der Waals surface area contributed by atoms with Gasteiger partial charge in [0.15, 0.2) is 6.54 Å². The number of hydrogen-bond acceptors (Lipinski definition) is 1. The highest BCUT2D eigenvalue weighted by atomic mass is 79.9. The first kappa shape index (κ1) is 15.3. The topological polar surface area (TPSA) is 45.7 Å². The summed E-state index contributed by atoms with van der Waals surface area (Å²) in [6.45, 7) is 0.445. The Bertz CT molecular complexity index is 672. The maximum absolute atomic E-state index is 12.2. The van der Waals surface area contributed by atoms with Crippen molar-refractivity contribution < 1.29 is 10.1 Å². The fraction of sp³-hybridized carbons (Fsp3) is 0.278. The highest BCUT2D eigenvalue weighted by molar-refractivity contribution is 9.10. The van der Waals surface area contributed by atoms with E-state index in [9.17, 15) is 4.79 Å². The molecule has 1 atom stereocenters. The Morgan fingerprint density at radius 3 is 2.82 bits per heavy atom. The molecule has 3 nitrogen and oxygen atoms in total. The number of quaternary nitrogens is 1. The molecule has 0 bridgehead atoms. The monoisotopic (exact) mass is 359 g/mol. The van der Waals surface area contributed by atoms with Crippen molar-refractivity contribution in [3.63, 3.8) is 0 Å². The first-order valence-electron chi connectivity index (χ1n) is 7.69. The normalized spacial score (nSPS) is 16.9. The molecule has 1 amide bonds. The van der Waals surface area contributed by atoms with Crippen LogP contribution in [0.3, 0.4) is 0 Å². The zero-order chi connectivity index (χ0) is 15.4. The molecule has 1 aliphatic rings. The third-order valence-electron chi connectivity index (χ3n) is 4.15. The fourth-order valence-electron chi connectivity index (χ4n) is 3.05. The second-order valence-electron chi connectivity index (χ2n) is 5.67. The van der Waals surface area contributed by atoms with Crippen LogP contribution in [0.15, 0.2) is 53.0 Å².